The molecular formula is C24H16MnN4. The van der Waals surface area contributed by atoms with Gasteiger partial charge in [-0.3, -0.25) is 0 Å². The molecule has 5 heterocycles. The topological polar surface area (TPSA) is 57.4 Å². The zero-order valence-corrected chi connectivity index (χ0v) is 16.5. The summed E-state index contributed by atoms with van der Waals surface area (Å²) in [6.07, 6.45) is 4.06. The number of hydrogen-bond acceptors (Lipinski definition) is 2. The van der Waals surface area contributed by atoms with E-state index in [0.29, 0.717) is 0 Å². The second-order valence-electron chi connectivity index (χ2n) is 7.04. The number of aromatic nitrogens is 4. The molecule has 0 aliphatic carbocycles. The Balaban J connectivity index is 0.00000181. The van der Waals surface area contributed by atoms with Crippen LogP contribution in [0.2, 0.25) is 0 Å². The van der Waals surface area contributed by atoms with Crippen LogP contribution in [0.1, 0.15) is 11.4 Å². The van der Waals surface area contributed by atoms with Crippen LogP contribution in [-0.2, 0) is 17.1 Å². The molecule has 3 aromatic heterocycles. The third-order valence-electron chi connectivity index (χ3n) is 5.06. The number of nitrogens with one attached hydrogen (secondary N) is 2. The number of hydrogen-bond donors (Lipinski definition) is 2. The summed E-state index contributed by atoms with van der Waals surface area (Å²) in [5, 5.41) is 0. The number of aromatic amines is 2. The molecule has 0 amide bonds. The average Bonchev–Trinajstić information content (AvgIpc) is 3.47. The van der Waals surface area contributed by atoms with E-state index in [1.165, 1.54) is 0 Å². The van der Waals surface area contributed by atoms with Crippen LogP contribution in [-0.4, -0.2) is 19.9 Å². The summed E-state index contributed by atoms with van der Waals surface area (Å²) in [4.78, 5) is 16.5. The molecule has 5 heteroatoms. The SMILES string of the molecule is C1=Cc2cc3ccc(cc4nc(cc5ccc(cc1n2)[nH]5)-c1ccccc1-4)[nH]3.[Mn]. The second kappa shape index (κ2) is 6.89. The molecule has 8 bridgehead atoms. The van der Waals surface area contributed by atoms with Crippen LogP contribution in [0.5, 0.6) is 0 Å². The fourth-order valence-electron chi connectivity index (χ4n) is 3.76. The molecule has 4 nitrogen and oxygen atoms in total. The minimum atomic E-state index is 0. The molecule has 6 rings (SSSR count). The molecule has 2 aliphatic rings. The van der Waals surface area contributed by atoms with Gasteiger partial charge in [-0.25, -0.2) is 9.97 Å². The number of H-pyrrole nitrogens is 2. The van der Waals surface area contributed by atoms with Crippen molar-refractivity contribution in [2.45, 2.75) is 0 Å². The molecular weight excluding hydrogens is 399 g/mol. The molecule has 0 spiro atoms. The Bertz CT molecular complexity index is 1320. The molecule has 0 unspecified atom stereocenters. The minimum absolute atomic E-state index is 0. The predicted octanol–water partition coefficient (Wildman–Crippen LogP) is 5.82. The van der Waals surface area contributed by atoms with Crippen LogP contribution < -0.4 is 0 Å². The van der Waals surface area contributed by atoms with Crippen molar-refractivity contribution < 1.29 is 17.1 Å². The van der Waals surface area contributed by atoms with E-state index in [2.05, 4.69) is 87.7 Å². The van der Waals surface area contributed by atoms with E-state index in [1.54, 1.807) is 0 Å². The fraction of sp³-hybridized carbons (Fsp3) is 0. The first-order valence-corrected chi connectivity index (χ1v) is 9.26. The smallest absolute Gasteiger partial charge is 0.0737 e. The largest absolute Gasteiger partial charge is 0.355 e. The van der Waals surface area contributed by atoms with Crippen molar-refractivity contribution in [1.29, 1.82) is 0 Å². The molecule has 2 N–H and O–H groups in total. The van der Waals surface area contributed by atoms with Crippen molar-refractivity contribution in [3.63, 3.8) is 0 Å². The van der Waals surface area contributed by atoms with Crippen LogP contribution >= 0.6 is 0 Å². The molecule has 2 aliphatic heterocycles. The monoisotopic (exact) mass is 415 g/mol. The van der Waals surface area contributed by atoms with Gasteiger partial charge in [-0.15, -0.1) is 0 Å². The molecule has 4 aromatic rings. The van der Waals surface area contributed by atoms with Crippen molar-refractivity contribution in [2.75, 3.05) is 0 Å². The Hall–Kier alpha value is -3.40. The normalized spacial score (nSPS) is 11.7. The van der Waals surface area contributed by atoms with E-state index in [-0.39, 0.29) is 17.1 Å². The zero-order valence-electron chi connectivity index (χ0n) is 15.4. The second-order valence-corrected chi connectivity index (χ2v) is 7.04. The zero-order chi connectivity index (χ0) is 18.5. The summed E-state index contributed by atoms with van der Waals surface area (Å²) < 4.78 is 0. The summed E-state index contributed by atoms with van der Waals surface area (Å²) in [6, 6.07) is 24.9. The quantitative estimate of drug-likeness (QED) is 0.307. The van der Waals surface area contributed by atoms with Gasteiger partial charge in [0.15, 0.2) is 0 Å². The number of nitrogens with zero attached hydrogens (tertiary/aromatic N) is 2. The molecule has 0 saturated carbocycles. The molecule has 1 aromatic carbocycles. The molecule has 0 atom stereocenters. The summed E-state index contributed by atoms with van der Waals surface area (Å²) in [6.45, 7) is 0. The predicted molar refractivity (Wildman–Crippen MR) is 114 cm³/mol. The van der Waals surface area contributed by atoms with Crippen molar-refractivity contribution >= 4 is 34.2 Å². The van der Waals surface area contributed by atoms with E-state index in [9.17, 15) is 0 Å². The summed E-state index contributed by atoms with van der Waals surface area (Å²) in [5.41, 5.74) is 10.2. The first kappa shape index (κ1) is 17.7. The summed E-state index contributed by atoms with van der Waals surface area (Å²) in [5.74, 6) is 0. The summed E-state index contributed by atoms with van der Waals surface area (Å²) in [7, 11) is 0. The Morgan fingerprint density at radius 1 is 0.517 bits per heavy atom. The van der Waals surface area contributed by atoms with E-state index in [1.807, 2.05) is 12.2 Å². The van der Waals surface area contributed by atoms with Crippen molar-refractivity contribution in [2.24, 2.45) is 0 Å². The number of benzene rings is 1. The van der Waals surface area contributed by atoms with Gasteiger partial charge in [-0.05, 0) is 60.7 Å². The van der Waals surface area contributed by atoms with Crippen LogP contribution in [0.15, 0.2) is 72.8 Å². The van der Waals surface area contributed by atoms with Gasteiger partial charge in [0.05, 0.1) is 22.8 Å². The van der Waals surface area contributed by atoms with Gasteiger partial charge in [0.25, 0.3) is 0 Å². The summed E-state index contributed by atoms with van der Waals surface area (Å²) >= 11 is 0. The van der Waals surface area contributed by atoms with Gasteiger partial charge in [0, 0.05) is 50.3 Å². The van der Waals surface area contributed by atoms with Gasteiger partial charge in [-0.1, -0.05) is 24.3 Å². The van der Waals surface area contributed by atoms with Crippen LogP contribution in [0.3, 0.4) is 0 Å². The molecule has 0 fully saturated rings. The Kier molecular flexibility index (Phi) is 4.20. The van der Waals surface area contributed by atoms with E-state index < -0.39 is 0 Å². The molecule has 29 heavy (non-hydrogen) atoms. The fourth-order valence-corrected chi connectivity index (χ4v) is 3.76. The van der Waals surface area contributed by atoms with Crippen molar-refractivity contribution in [3.05, 3.63) is 84.2 Å². The van der Waals surface area contributed by atoms with Gasteiger partial charge in [-0.2, -0.15) is 0 Å². The Morgan fingerprint density at radius 2 is 0.966 bits per heavy atom. The first-order chi connectivity index (χ1) is 13.8. The number of fused-ring (bicyclic) bond motifs is 11. The maximum absolute atomic E-state index is 4.91. The maximum atomic E-state index is 4.91. The van der Waals surface area contributed by atoms with Crippen LogP contribution in [0, 0.1) is 0 Å². The van der Waals surface area contributed by atoms with Crippen molar-refractivity contribution in [3.8, 4) is 22.5 Å². The molecule has 1 radical (unpaired) electrons. The van der Waals surface area contributed by atoms with Crippen LogP contribution in [0.4, 0.5) is 0 Å². The van der Waals surface area contributed by atoms with E-state index in [4.69, 9.17) is 4.98 Å². The van der Waals surface area contributed by atoms with E-state index >= 15 is 0 Å². The third-order valence-corrected chi connectivity index (χ3v) is 5.06. The Labute approximate surface area is 177 Å². The van der Waals surface area contributed by atoms with Gasteiger partial charge < -0.3 is 9.97 Å². The van der Waals surface area contributed by atoms with Crippen LogP contribution in [0.25, 0.3) is 56.7 Å². The van der Waals surface area contributed by atoms with Gasteiger partial charge in [0.1, 0.15) is 0 Å². The van der Waals surface area contributed by atoms with Crippen molar-refractivity contribution in [1.82, 2.24) is 19.9 Å². The standard InChI is InChI=1S/C24H16N4.Mn/c1-2-4-22-21(3-1)23-13-19-9-7-17(26-19)11-15-5-6-16(25-15)12-18-8-10-20(27-18)14-24(22)28-23;/h1-14,26-27H;. The maximum Gasteiger partial charge on any atom is 0.0737 e. The average molecular weight is 415 g/mol. The number of rotatable bonds is 0. The Morgan fingerprint density at radius 3 is 1.45 bits per heavy atom. The molecule has 0 saturated heterocycles. The van der Waals surface area contributed by atoms with Gasteiger partial charge in [0.2, 0.25) is 0 Å². The molecule has 139 valence electrons. The first-order valence-electron chi connectivity index (χ1n) is 9.26. The van der Waals surface area contributed by atoms with Gasteiger partial charge >= 0.3 is 0 Å². The minimum Gasteiger partial charge on any atom is -0.355 e. The van der Waals surface area contributed by atoms with E-state index in [0.717, 1.165) is 56.0 Å². The third kappa shape index (κ3) is 3.21.